The van der Waals surface area contributed by atoms with E-state index in [-0.39, 0.29) is 23.6 Å². The van der Waals surface area contributed by atoms with Crippen molar-refractivity contribution in [2.75, 3.05) is 14.1 Å². The molecule has 0 bridgehead atoms. The number of nitrogens with zero attached hydrogens (tertiary/aromatic N) is 6. The zero-order valence-corrected chi connectivity index (χ0v) is 11.9. The summed E-state index contributed by atoms with van der Waals surface area (Å²) in [5.74, 6) is -2.44. The minimum atomic E-state index is -0.868. The van der Waals surface area contributed by atoms with Gasteiger partial charge < -0.3 is 5.73 Å². The molecular formula is C12H13F2N7O. The first-order valence-electron chi connectivity index (χ1n) is 6.15. The molecule has 0 aliphatic heterocycles. The number of nitrogens with two attached hydrogens (primary N) is 1. The fraction of sp³-hybridized carbons (Fsp3) is 0.250. The monoisotopic (exact) mass is 309 g/mol. The Morgan fingerprint density at radius 2 is 2.00 bits per heavy atom. The minimum Gasteiger partial charge on any atom is -0.364 e. The minimum absolute atomic E-state index is 0.0798. The lowest BCUT2D eigenvalue weighted by molar-refractivity contribution is 0.0996. The topological polar surface area (TPSA) is 102 Å². The number of benzene rings is 1. The third-order valence-corrected chi connectivity index (χ3v) is 2.63. The van der Waals surface area contributed by atoms with Crippen LogP contribution in [0.2, 0.25) is 0 Å². The largest absolute Gasteiger partial charge is 0.364 e. The molecule has 0 aliphatic rings. The molecule has 1 amide bonds. The van der Waals surface area contributed by atoms with Crippen molar-refractivity contribution >= 4 is 11.7 Å². The van der Waals surface area contributed by atoms with E-state index in [1.54, 1.807) is 14.1 Å². The number of carbonyl (C=O) groups is 1. The van der Waals surface area contributed by atoms with Gasteiger partial charge in [0.15, 0.2) is 5.69 Å². The maximum Gasteiger partial charge on any atom is 0.273 e. The summed E-state index contributed by atoms with van der Waals surface area (Å²) < 4.78 is 28.4. The van der Waals surface area contributed by atoms with Crippen LogP contribution in [0.1, 0.15) is 16.1 Å². The molecular weight excluding hydrogens is 296 g/mol. The van der Waals surface area contributed by atoms with E-state index in [9.17, 15) is 13.6 Å². The molecule has 1 heterocycles. The van der Waals surface area contributed by atoms with Gasteiger partial charge in [-0.25, -0.2) is 13.5 Å². The summed E-state index contributed by atoms with van der Waals surface area (Å²) in [4.78, 5) is 11.3. The summed E-state index contributed by atoms with van der Waals surface area (Å²) in [7, 11) is 3.22. The van der Waals surface area contributed by atoms with Crippen LogP contribution in [0.15, 0.2) is 28.5 Å². The van der Waals surface area contributed by atoms with Gasteiger partial charge in [0.1, 0.15) is 11.6 Å². The van der Waals surface area contributed by atoms with E-state index in [4.69, 9.17) is 5.73 Å². The van der Waals surface area contributed by atoms with Gasteiger partial charge in [0, 0.05) is 19.7 Å². The number of hydrogen-bond acceptors (Lipinski definition) is 5. The molecule has 0 saturated carbocycles. The van der Waals surface area contributed by atoms with E-state index < -0.39 is 17.5 Å². The van der Waals surface area contributed by atoms with E-state index in [1.165, 1.54) is 11.1 Å². The standard InChI is InChI=1S/C12H13F2N7O/c1-20(2)18-17-12-10(11(15)22)16-19-21(12)6-7-8(13)4-3-5-9(7)14/h3-5H,6H2,1-2H3,(H2,15,22). The summed E-state index contributed by atoms with van der Waals surface area (Å²) in [6, 6.07) is 3.48. The number of amides is 1. The molecule has 1 aromatic heterocycles. The Hall–Kier alpha value is -2.91. The Morgan fingerprint density at radius 1 is 1.36 bits per heavy atom. The van der Waals surface area contributed by atoms with Gasteiger partial charge in [-0.3, -0.25) is 9.80 Å². The van der Waals surface area contributed by atoms with Crippen molar-refractivity contribution in [3.63, 3.8) is 0 Å². The second-order valence-electron chi connectivity index (χ2n) is 4.52. The van der Waals surface area contributed by atoms with Crippen LogP contribution >= 0.6 is 0 Å². The van der Waals surface area contributed by atoms with Gasteiger partial charge in [-0.2, -0.15) is 0 Å². The van der Waals surface area contributed by atoms with E-state index in [0.717, 1.165) is 16.8 Å². The molecule has 0 unspecified atom stereocenters. The Kier molecular flexibility index (Phi) is 4.39. The first kappa shape index (κ1) is 15.5. The average Bonchev–Trinajstić information content (AvgIpc) is 2.83. The summed E-state index contributed by atoms with van der Waals surface area (Å²) >= 11 is 0. The number of primary amides is 1. The smallest absolute Gasteiger partial charge is 0.273 e. The fourth-order valence-electron chi connectivity index (χ4n) is 1.64. The lowest BCUT2D eigenvalue weighted by Gasteiger charge is -2.06. The van der Waals surface area contributed by atoms with E-state index in [1.807, 2.05) is 0 Å². The first-order valence-corrected chi connectivity index (χ1v) is 6.15. The molecule has 8 nitrogen and oxygen atoms in total. The van der Waals surface area contributed by atoms with Crippen molar-refractivity contribution in [2.24, 2.45) is 16.1 Å². The van der Waals surface area contributed by atoms with Crippen LogP contribution in [0, 0.1) is 11.6 Å². The molecule has 1 aromatic carbocycles. The molecule has 22 heavy (non-hydrogen) atoms. The predicted molar refractivity (Wildman–Crippen MR) is 72.2 cm³/mol. The third-order valence-electron chi connectivity index (χ3n) is 2.63. The van der Waals surface area contributed by atoms with Crippen LogP contribution in [-0.4, -0.2) is 40.0 Å². The summed E-state index contributed by atoms with van der Waals surface area (Å²) in [5.41, 5.74) is 4.70. The van der Waals surface area contributed by atoms with Crippen molar-refractivity contribution in [1.29, 1.82) is 0 Å². The highest BCUT2D eigenvalue weighted by Crippen LogP contribution is 2.20. The van der Waals surface area contributed by atoms with Crippen LogP contribution < -0.4 is 5.73 Å². The molecule has 0 aliphatic carbocycles. The first-order chi connectivity index (χ1) is 10.4. The maximum absolute atomic E-state index is 13.7. The van der Waals surface area contributed by atoms with Gasteiger partial charge >= 0.3 is 0 Å². The zero-order chi connectivity index (χ0) is 16.3. The van der Waals surface area contributed by atoms with Crippen LogP contribution in [0.25, 0.3) is 0 Å². The second kappa shape index (κ2) is 6.24. The number of carbonyl (C=O) groups excluding carboxylic acids is 1. The number of rotatable bonds is 5. The molecule has 0 radical (unpaired) electrons. The molecule has 0 spiro atoms. The Morgan fingerprint density at radius 3 is 2.55 bits per heavy atom. The molecule has 0 fully saturated rings. The van der Waals surface area contributed by atoms with Gasteiger partial charge in [0.05, 0.1) is 6.54 Å². The molecule has 10 heteroatoms. The number of halogens is 2. The quantitative estimate of drug-likeness (QED) is 0.663. The summed E-state index contributed by atoms with van der Waals surface area (Å²) in [6.07, 6.45) is 0. The predicted octanol–water partition coefficient (Wildman–Crippen LogP) is 1.26. The Balaban J connectivity index is 2.45. The number of hydrogen-bond donors (Lipinski definition) is 1. The SMILES string of the molecule is CN(C)N=Nc1c(C(N)=O)nnn1Cc1c(F)cccc1F. The molecule has 2 rings (SSSR count). The van der Waals surface area contributed by atoms with E-state index in [0.29, 0.717) is 0 Å². The highest BCUT2D eigenvalue weighted by molar-refractivity contribution is 5.94. The number of aromatic nitrogens is 3. The zero-order valence-electron chi connectivity index (χ0n) is 11.9. The van der Waals surface area contributed by atoms with Crippen LogP contribution in [-0.2, 0) is 6.54 Å². The summed E-state index contributed by atoms with van der Waals surface area (Å²) in [6.45, 7) is -0.305. The molecule has 2 N–H and O–H groups in total. The Bertz CT molecular complexity index is 706. The highest BCUT2D eigenvalue weighted by atomic mass is 19.1. The van der Waals surface area contributed by atoms with Crippen molar-refractivity contribution in [3.8, 4) is 0 Å². The van der Waals surface area contributed by atoms with Crippen molar-refractivity contribution in [2.45, 2.75) is 6.54 Å². The van der Waals surface area contributed by atoms with Gasteiger partial charge in [-0.15, -0.1) is 10.2 Å². The molecule has 2 aromatic rings. The summed E-state index contributed by atoms with van der Waals surface area (Å²) in [5, 5.41) is 16.1. The van der Waals surface area contributed by atoms with Crippen LogP contribution in [0.3, 0.4) is 0 Å². The van der Waals surface area contributed by atoms with Crippen molar-refractivity contribution < 1.29 is 13.6 Å². The van der Waals surface area contributed by atoms with Crippen LogP contribution in [0.5, 0.6) is 0 Å². The van der Waals surface area contributed by atoms with Gasteiger partial charge in [-0.05, 0) is 12.1 Å². The Labute approximate surface area is 124 Å². The normalized spacial score (nSPS) is 11.1. The average molecular weight is 309 g/mol. The molecule has 0 atom stereocenters. The second-order valence-corrected chi connectivity index (χ2v) is 4.52. The fourth-order valence-corrected chi connectivity index (χ4v) is 1.64. The molecule has 116 valence electrons. The van der Waals surface area contributed by atoms with Gasteiger partial charge in [-0.1, -0.05) is 16.5 Å². The van der Waals surface area contributed by atoms with Crippen molar-refractivity contribution in [3.05, 3.63) is 41.1 Å². The van der Waals surface area contributed by atoms with Gasteiger partial charge in [0.25, 0.3) is 5.91 Å². The maximum atomic E-state index is 13.7. The lowest BCUT2D eigenvalue weighted by Crippen LogP contribution is -2.12. The third kappa shape index (κ3) is 3.22. The lowest BCUT2D eigenvalue weighted by atomic mass is 10.2. The highest BCUT2D eigenvalue weighted by Gasteiger charge is 2.20. The van der Waals surface area contributed by atoms with E-state index in [2.05, 4.69) is 20.6 Å². The van der Waals surface area contributed by atoms with Crippen LogP contribution in [0.4, 0.5) is 14.6 Å². The van der Waals surface area contributed by atoms with E-state index >= 15 is 0 Å². The van der Waals surface area contributed by atoms with Gasteiger partial charge in [0.2, 0.25) is 5.82 Å². The van der Waals surface area contributed by atoms with Crippen molar-refractivity contribution in [1.82, 2.24) is 20.0 Å². The molecule has 0 saturated heterocycles.